The number of methoxy groups -OCH3 is 1. The minimum atomic E-state index is 0.157. The van der Waals surface area contributed by atoms with Crippen LogP contribution in [-0.2, 0) is 0 Å². The summed E-state index contributed by atoms with van der Waals surface area (Å²) in [5.74, 6) is 2.15. The summed E-state index contributed by atoms with van der Waals surface area (Å²) in [7, 11) is 1.66. The van der Waals surface area contributed by atoms with E-state index in [0.29, 0.717) is 12.5 Å². The number of ether oxygens (including phenoxy) is 2. The highest BCUT2D eigenvalue weighted by Crippen LogP contribution is 2.19. The molecule has 1 atom stereocenters. The maximum Gasteiger partial charge on any atom is 0.122 e. The fourth-order valence-electron chi connectivity index (χ4n) is 1.47. The zero-order chi connectivity index (χ0) is 13.6. The third-order valence-electron chi connectivity index (χ3n) is 2.56. The maximum atomic E-state index is 5.76. The van der Waals surface area contributed by atoms with Gasteiger partial charge in [0.15, 0.2) is 0 Å². The smallest absolute Gasteiger partial charge is 0.122 e. The van der Waals surface area contributed by atoms with Crippen LogP contribution >= 0.6 is 0 Å². The quantitative estimate of drug-likeness (QED) is 0.842. The summed E-state index contributed by atoms with van der Waals surface area (Å²) < 4.78 is 10.9. The molecular formula is C15H25NO2. The average Bonchev–Trinajstić information content (AvgIpc) is 2.33. The number of hydrogen-bond donors (Lipinski definition) is 1. The van der Waals surface area contributed by atoms with Gasteiger partial charge in [0.25, 0.3) is 0 Å². The van der Waals surface area contributed by atoms with E-state index in [2.05, 4.69) is 33.0 Å². The molecular weight excluding hydrogens is 226 g/mol. The first-order valence-corrected chi connectivity index (χ1v) is 6.42. The minimum Gasteiger partial charge on any atom is -0.497 e. The van der Waals surface area contributed by atoms with Crippen molar-refractivity contribution in [3.05, 3.63) is 24.3 Å². The predicted molar refractivity (Wildman–Crippen MR) is 75.4 cm³/mol. The molecule has 0 saturated carbocycles. The maximum absolute atomic E-state index is 5.76. The molecule has 1 rings (SSSR count). The average molecular weight is 251 g/mol. The van der Waals surface area contributed by atoms with Crippen molar-refractivity contribution in [2.75, 3.05) is 20.3 Å². The molecule has 1 aromatic carbocycles. The van der Waals surface area contributed by atoms with Gasteiger partial charge in [-0.05, 0) is 32.9 Å². The van der Waals surface area contributed by atoms with Crippen LogP contribution in [0.5, 0.6) is 11.5 Å². The molecule has 18 heavy (non-hydrogen) atoms. The Morgan fingerprint density at radius 2 is 1.89 bits per heavy atom. The van der Waals surface area contributed by atoms with Crippen LogP contribution in [0, 0.1) is 5.92 Å². The van der Waals surface area contributed by atoms with Crippen LogP contribution in [-0.4, -0.2) is 25.8 Å². The summed E-state index contributed by atoms with van der Waals surface area (Å²) >= 11 is 0. The van der Waals surface area contributed by atoms with Gasteiger partial charge in [-0.1, -0.05) is 13.0 Å². The second-order valence-electron chi connectivity index (χ2n) is 5.73. The van der Waals surface area contributed by atoms with Gasteiger partial charge in [0, 0.05) is 24.1 Å². The topological polar surface area (TPSA) is 30.5 Å². The van der Waals surface area contributed by atoms with Crippen LogP contribution in [0.1, 0.15) is 27.7 Å². The van der Waals surface area contributed by atoms with Gasteiger partial charge in [0.05, 0.1) is 13.7 Å². The monoisotopic (exact) mass is 251 g/mol. The zero-order valence-electron chi connectivity index (χ0n) is 12.1. The first-order valence-electron chi connectivity index (χ1n) is 6.42. The third-order valence-corrected chi connectivity index (χ3v) is 2.56. The Hall–Kier alpha value is -1.22. The van der Waals surface area contributed by atoms with Crippen LogP contribution < -0.4 is 14.8 Å². The van der Waals surface area contributed by atoms with Crippen LogP contribution in [0.15, 0.2) is 24.3 Å². The highest BCUT2D eigenvalue weighted by molar-refractivity contribution is 5.32. The molecule has 0 bridgehead atoms. The van der Waals surface area contributed by atoms with Crippen molar-refractivity contribution in [3.63, 3.8) is 0 Å². The van der Waals surface area contributed by atoms with Crippen LogP contribution in [0.3, 0.4) is 0 Å². The Bertz CT molecular complexity index is 358. The Balaban J connectivity index is 2.35. The van der Waals surface area contributed by atoms with Gasteiger partial charge in [0.2, 0.25) is 0 Å². The highest BCUT2D eigenvalue weighted by atomic mass is 16.5. The van der Waals surface area contributed by atoms with Crippen molar-refractivity contribution < 1.29 is 9.47 Å². The largest absolute Gasteiger partial charge is 0.497 e. The molecule has 102 valence electrons. The van der Waals surface area contributed by atoms with E-state index >= 15 is 0 Å². The lowest BCUT2D eigenvalue weighted by Gasteiger charge is -2.23. The molecule has 0 aromatic heterocycles. The summed E-state index contributed by atoms with van der Waals surface area (Å²) in [5.41, 5.74) is 0.157. The van der Waals surface area contributed by atoms with E-state index in [-0.39, 0.29) is 5.54 Å². The molecule has 0 aliphatic rings. The van der Waals surface area contributed by atoms with Crippen molar-refractivity contribution in [1.82, 2.24) is 5.32 Å². The summed E-state index contributed by atoms with van der Waals surface area (Å²) in [6.07, 6.45) is 0. The van der Waals surface area contributed by atoms with E-state index in [1.807, 2.05) is 24.3 Å². The lowest BCUT2D eigenvalue weighted by atomic mass is 10.1. The lowest BCUT2D eigenvalue weighted by Crippen LogP contribution is -2.39. The van der Waals surface area contributed by atoms with Gasteiger partial charge in [-0.3, -0.25) is 0 Å². The van der Waals surface area contributed by atoms with Gasteiger partial charge in [0.1, 0.15) is 11.5 Å². The van der Waals surface area contributed by atoms with E-state index < -0.39 is 0 Å². The molecule has 0 spiro atoms. The van der Waals surface area contributed by atoms with Gasteiger partial charge < -0.3 is 14.8 Å². The molecule has 1 aromatic rings. The number of benzene rings is 1. The summed E-state index contributed by atoms with van der Waals surface area (Å²) in [6.45, 7) is 10.3. The highest BCUT2D eigenvalue weighted by Gasteiger charge is 2.11. The first kappa shape index (κ1) is 14.8. The summed E-state index contributed by atoms with van der Waals surface area (Å²) in [4.78, 5) is 0. The van der Waals surface area contributed by atoms with E-state index in [9.17, 15) is 0 Å². The third kappa shape index (κ3) is 5.92. The predicted octanol–water partition coefficient (Wildman–Crippen LogP) is 3.10. The minimum absolute atomic E-state index is 0.157. The number of hydrogen-bond acceptors (Lipinski definition) is 3. The van der Waals surface area contributed by atoms with E-state index in [1.54, 1.807) is 7.11 Å². The van der Waals surface area contributed by atoms with Gasteiger partial charge in [-0.25, -0.2) is 0 Å². The SMILES string of the molecule is COc1cccc(OCC(C)CNC(C)(C)C)c1. The molecule has 3 nitrogen and oxygen atoms in total. The molecule has 0 amide bonds. The van der Waals surface area contributed by atoms with Gasteiger partial charge >= 0.3 is 0 Å². The lowest BCUT2D eigenvalue weighted by molar-refractivity contribution is 0.243. The van der Waals surface area contributed by atoms with Crippen molar-refractivity contribution in [2.45, 2.75) is 33.2 Å². The Morgan fingerprint density at radius 1 is 1.22 bits per heavy atom. The van der Waals surface area contributed by atoms with Crippen molar-refractivity contribution in [2.24, 2.45) is 5.92 Å². The standard InChI is InChI=1S/C15H25NO2/c1-12(10-16-15(2,3)4)11-18-14-8-6-7-13(9-14)17-5/h6-9,12,16H,10-11H2,1-5H3. The van der Waals surface area contributed by atoms with Gasteiger partial charge in [-0.2, -0.15) is 0 Å². The second kappa shape index (κ2) is 6.64. The molecule has 1 unspecified atom stereocenters. The molecule has 1 N–H and O–H groups in total. The Labute approximate surface area is 110 Å². The van der Waals surface area contributed by atoms with Crippen LogP contribution in [0.25, 0.3) is 0 Å². The van der Waals surface area contributed by atoms with E-state index in [0.717, 1.165) is 18.0 Å². The Morgan fingerprint density at radius 3 is 2.50 bits per heavy atom. The molecule has 0 heterocycles. The zero-order valence-corrected chi connectivity index (χ0v) is 12.1. The molecule has 0 radical (unpaired) electrons. The van der Waals surface area contributed by atoms with Gasteiger partial charge in [-0.15, -0.1) is 0 Å². The van der Waals surface area contributed by atoms with Crippen LogP contribution in [0.2, 0.25) is 0 Å². The molecule has 0 aliphatic carbocycles. The van der Waals surface area contributed by atoms with Crippen LogP contribution in [0.4, 0.5) is 0 Å². The Kier molecular flexibility index (Phi) is 5.48. The van der Waals surface area contributed by atoms with E-state index in [1.165, 1.54) is 0 Å². The molecule has 0 aliphatic heterocycles. The number of rotatable bonds is 6. The van der Waals surface area contributed by atoms with E-state index in [4.69, 9.17) is 9.47 Å². The fraction of sp³-hybridized carbons (Fsp3) is 0.600. The second-order valence-corrected chi connectivity index (χ2v) is 5.73. The number of nitrogens with one attached hydrogen (secondary N) is 1. The fourth-order valence-corrected chi connectivity index (χ4v) is 1.47. The van der Waals surface area contributed by atoms with Crippen molar-refractivity contribution >= 4 is 0 Å². The molecule has 0 fully saturated rings. The summed E-state index contributed by atoms with van der Waals surface area (Å²) in [6, 6.07) is 7.71. The molecule has 0 saturated heterocycles. The first-order chi connectivity index (χ1) is 8.40. The van der Waals surface area contributed by atoms with Crippen molar-refractivity contribution in [3.8, 4) is 11.5 Å². The van der Waals surface area contributed by atoms with Crippen molar-refractivity contribution in [1.29, 1.82) is 0 Å². The normalized spacial score (nSPS) is 13.2. The molecule has 3 heteroatoms. The summed E-state index contributed by atoms with van der Waals surface area (Å²) in [5, 5.41) is 3.48.